The fourth-order valence-corrected chi connectivity index (χ4v) is 1.92. The van der Waals surface area contributed by atoms with Crippen LogP contribution < -0.4 is 10.6 Å². The molecule has 0 spiro atoms. The zero-order chi connectivity index (χ0) is 15.2. The molecule has 0 saturated carbocycles. The Bertz CT molecular complexity index is 582. The summed E-state index contributed by atoms with van der Waals surface area (Å²) in [5.74, 6) is 0. The molecule has 3 N–H and O–H groups in total. The highest BCUT2D eigenvalue weighted by Gasteiger charge is 2.09. The second kappa shape index (κ2) is 6.85. The monoisotopic (exact) mass is 285 g/mol. The molecule has 2 amide bonds. The van der Waals surface area contributed by atoms with E-state index in [0.29, 0.717) is 5.69 Å². The van der Waals surface area contributed by atoms with Crippen LogP contribution in [0.3, 0.4) is 0 Å². The summed E-state index contributed by atoms with van der Waals surface area (Å²) >= 11 is 0. The van der Waals surface area contributed by atoms with Crippen LogP contribution >= 0.6 is 0 Å². The van der Waals surface area contributed by atoms with Crippen molar-refractivity contribution in [3.05, 3.63) is 59.9 Å². The lowest BCUT2D eigenvalue weighted by Crippen LogP contribution is -2.31. The van der Waals surface area contributed by atoms with Gasteiger partial charge in [-0.25, -0.2) is 4.79 Å². The van der Waals surface area contributed by atoms with E-state index >= 15 is 0 Å². The molecular formula is C16H19N3O2. The lowest BCUT2D eigenvalue weighted by Gasteiger charge is -2.15. The average molecular weight is 285 g/mol. The summed E-state index contributed by atoms with van der Waals surface area (Å²) in [6, 6.07) is 10.4. The Morgan fingerprint density at radius 3 is 2.43 bits per heavy atom. The molecule has 2 atom stereocenters. The third kappa shape index (κ3) is 4.29. The first-order chi connectivity index (χ1) is 10.1. The van der Waals surface area contributed by atoms with Gasteiger partial charge in [-0.1, -0.05) is 18.2 Å². The van der Waals surface area contributed by atoms with Gasteiger partial charge in [-0.3, -0.25) is 4.98 Å². The van der Waals surface area contributed by atoms with Crippen molar-refractivity contribution in [3.8, 4) is 0 Å². The SMILES string of the molecule is CC(O)c1ccc(NC(=O)NC(C)c2cccnc2)cc1. The first kappa shape index (κ1) is 15.0. The highest BCUT2D eigenvalue weighted by Crippen LogP contribution is 2.16. The van der Waals surface area contributed by atoms with Crippen molar-refractivity contribution in [1.29, 1.82) is 0 Å². The molecule has 0 aliphatic rings. The van der Waals surface area contributed by atoms with Gasteiger partial charge in [0.05, 0.1) is 12.1 Å². The van der Waals surface area contributed by atoms with Gasteiger partial charge in [0.15, 0.2) is 0 Å². The Labute approximate surface area is 124 Å². The van der Waals surface area contributed by atoms with E-state index in [1.165, 1.54) is 0 Å². The van der Waals surface area contributed by atoms with Crippen molar-refractivity contribution in [3.63, 3.8) is 0 Å². The van der Waals surface area contributed by atoms with E-state index in [1.807, 2.05) is 19.1 Å². The lowest BCUT2D eigenvalue weighted by molar-refractivity contribution is 0.199. The van der Waals surface area contributed by atoms with Crippen molar-refractivity contribution in [2.75, 3.05) is 5.32 Å². The molecule has 5 nitrogen and oxygen atoms in total. The summed E-state index contributed by atoms with van der Waals surface area (Å²) in [4.78, 5) is 16.0. The van der Waals surface area contributed by atoms with E-state index in [1.54, 1.807) is 43.6 Å². The minimum Gasteiger partial charge on any atom is -0.389 e. The van der Waals surface area contributed by atoms with Crippen LogP contribution in [-0.2, 0) is 0 Å². The van der Waals surface area contributed by atoms with Crippen LogP contribution in [0.5, 0.6) is 0 Å². The Kier molecular flexibility index (Phi) is 4.90. The molecule has 2 rings (SSSR count). The minimum absolute atomic E-state index is 0.129. The third-order valence-corrected chi connectivity index (χ3v) is 3.18. The minimum atomic E-state index is -0.515. The molecule has 1 aromatic carbocycles. The van der Waals surface area contributed by atoms with Gasteiger partial charge in [-0.15, -0.1) is 0 Å². The molecule has 0 fully saturated rings. The van der Waals surface area contributed by atoms with Crippen molar-refractivity contribution >= 4 is 11.7 Å². The predicted octanol–water partition coefficient (Wildman–Crippen LogP) is 3.02. The van der Waals surface area contributed by atoms with E-state index < -0.39 is 6.10 Å². The van der Waals surface area contributed by atoms with E-state index in [-0.39, 0.29) is 12.1 Å². The summed E-state index contributed by atoms with van der Waals surface area (Å²) in [6.45, 7) is 3.60. The lowest BCUT2D eigenvalue weighted by atomic mass is 10.1. The number of rotatable bonds is 4. The molecule has 2 unspecified atom stereocenters. The number of hydrogen-bond acceptors (Lipinski definition) is 3. The number of aliphatic hydroxyl groups is 1. The van der Waals surface area contributed by atoms with E-state index in [2.05, 4.69) is 15.6 Å². The van der Waals surface area contributed by atoms with Crippen LogP contribution in [0.1, 0.15) is 37.1 Å². The van der Waals surface area contributed by atoms with Crippen molar-refractivity contribution in [2.24, 2.45) is 0 Å². The van der Waals surface area contributed by atoms with Gasteiger partial charge in [-0.05, 0) is 43.2 Å². The maximum atomic E-state index is 11.9. The summed E-state index contributed by atoms with van der Waals surface area (Å²) in [7, 11) is 0. The summed E-state index contributed by atoms with van der Waals surface area (Å²) < 4.78 is 0. The molecule has 0 saturated heterocycles. The second-order valence-electron chi connectivity index (χ2n) is 4.90. The molecule has 2 aromatic rings. The van der Waals surface area contributed by atoms with Gasteiger partial charge in [0, 0.05) is 18.1 Å². The predicted molar refractivity (Wildman–Crippen MR) is 81.9 cm³/mol. The number of urea groups is 1. The maximum Gasteiger partial charge on any atom is 0.319 e. The number of benzene rings is 1. The van der Waals surface area contributed by atoms with Crippen molar-refractivity contribution < 1.29 is 9.90 Å². The molecule has 21 heavy (non-hydrogen) atoms. The fraction of sp³-hybridized carbons (Fsp3) is 0.250. The second-order valence-corrected chi connectivity index (χ2v) is 4.90. The summed E-state index contributed by atoms with van der Waals surface area (Å²) in [5, 5.41) is 15.0. The molecule has 0 aliphatic heterocycles. The number of pyridine rings is 1. The van der Waals surface area contributed by atoms with Gasteiger partial charge in [0.1, 0.15) is 0 Å². The Morgan fingerprint density at radius 2 is 1.86 bits per heavy atom. The fourth-order valence-electron chi connectivity index (χ4n) is 1.92. The number of amides is 2. The molecule has 0 aliphatic carbocycles. The highest BCUT2D eigenvalue weighted by molar-refractivity contribution is 5.89. The van der Waals surface area contributed by atoms with Gasteiger partial charge < -0.3 is 15.7 Å². The maximum absolute atomic E-state index is 11.9. The number of carbonyl (C=O) groups excluding carboxylic acids is 1. The van der Waals surface area contributed by atoms with Crippen molar-refractivity contribution in [2.45, 2.75) is 26.0 Å². The molecule has 0 bridgehead atoms. The highest BCUT2D eigenvalue weighted by atomic mass is 16.3. The first-order valence-corrected chi connectivity index (χ1v) is 6.81. The Morgan fingerprint density at radius 1 is 1.14 bits per heavy atom. The van der Waals surface area contributed by atoms with E-state index in [0.717, 1.165) is 11.1 Å². The van der Waals surface area contributed by atoms with Gasteiger partial charge >= 0.3 is 6.03 Å². The number of nitrogens with one attached hydrogen (secondary N) is 2. The van der Waals surface area contributed by atoms with Crippen LogP contribution in [0.2, 0.25) is 0 Å². The number of anilines is 1. The van der Waals surface area contributed by atoms with Crippen LogP contribution in [-0.4, -0.2) is 16.1 Å². The quantitative estimate of drug-likeness (QED) is 0.808. The topological polar surface area (TPSA) is 74.2 Å². The zero-order valence-corrected chi connectivity index (χ0v) is 12.1. The molecule has 5 heteroatoms. The van der Waals surface area contributed by atoms with Crippen LogP contribution in [0.15, 0.2) is 48.8 Å². The van der Waals surface area contributed by atoms with E-state index in [4.69, 9.17) is 0 Å². The van der Waals surface area contributed by atoms with Crippen LogP contribution in [0, 0.1) is 0 Å². The Balaban J connectivity index is 1.92. The van der Waals surface area contributed by atoms with Crippen molar-refractivity contribution in [1.82, 2.24) is 10.3 Å². The molecule has 110 valence electrons. The number of aromatic nitrogens is 1. The normalized spacial score (nSPS) is 13.3. The molecule has 0 radical (unpaired) electrons. The Hall–Kier alpha value is -2.40. The number of hydrogen-bond donors (Lipinski definition) is 3. The summed E-state index contributed by atoms with van der Waals surface area (Å²) in [6.07, 6.45) is 2.90. The van der Waals surface area contributed by atoms with Gasteiger partial charge in [0.2, 0.25) is 0 Å². The van der Waals surface area contributed by atoms with Crippen LogP contribution in [0.4, 0.5) is 10.5 Å². The first-order valence-electron chi connectivity index (χ1n) is 6.81. The number of aliphatic hydroxyl groups excluding tert-OH is 1. The molecule has 1 heterocycles. The average Bonchev–Trinajstić information content (AvgIpc) is 2.48. The molecular weight excluding hydrogens is 266 g/mol. The smallest absolute Gasteiger partial charge is 0.319 e. The van der Waals surface area contributed by atoms with Crippen LogP contribution in [0.25, 0.3) is 0 Å². The zero-order valence-electron chi connectivity index (χ0n) is 12.1. The third-order valence-electron chi connectivity index (χ3n) is 3.18. The van der Waals surface area contributed by atoms with E-state index in [9.17, 15) is 9.90 Å². The largest absolute Gasteiger partial charge is 0.389 e. The number of carbonyl (C=O) groups is 1. The number of nitrogens with zero attached hydrogens (tertiary/aromatic N) is 1. The standard InChI is InChI=1S/C16H19N3O2/c1-11(14-4-3-9-17-10-14)18-16(21)19-15-7-5-13(6-8-15)12(2)20/h3-12,20H,1-2H3,(H2,18,19,21). The van der Waals surface area contributed by atoms with Gasteiger partial charge in [-0.2, -0.15) is 0 Å². The summed E-state index contributed by atoms with van der Waals surface area (Å²) in [5.41, 5.74) is 2.43. The molecule has 1 aromatic heterocycles. The van der Waals surface area contributed by atoms with Gasteiger partial charge in [0.25, 0.3) is 0 Å².